The van der Waals surface area contributed by atoms with E-state index in [1.165, 1.54) is 6.07 Å². The predicted molar refractivity (Wildman–Crippen MR) is 144 cm³/mol. The summed E-state index contributed by atoms with van der Waals surface area (Å²) < 4.78 is 14.3. The molecule has 1 aliphatic rings. The van der Waals surface area contributed by atoms with Crippen molar-refractivity contribution >= 4 is 6.09 Å². The van der Waals surface area contributed by atoms with Gasteiger partial charge in [0.1, 0.15) is 17.0 Å². The normalized spacial score (nSPS) is 13.7. The lowest BCUT2D eigenvalue weighted by Gasteiger charge is -2.39. The van der Waals surface area contributed by atoms with Crippen LogP contribution in [-0.4, -0.2) is 65.8 Å². The average molecular weight is 530 g/mol. The second-order valence-corrected chi connectivity index (χ2v) is 10.3. The Morgan fingerprint density at radius 1 is 1.10 bits per heavy atom. The van der Waals surface area contributed by atoms with E-state index in [2.05, 4.69) is 20.2 Å². The molecule has 0 bridgehead atoms. The second kappa shape index (κ2) is 10.7. The first-order valence-corrected chi connectivity index (χ1v) is 12.8. The average Bonchev–Trinajstić information content (AvgIpc) is 3.34. The van der Waals surface area contributed by atoms with Gasteiger partial charge >= 0.3 is 6.09 Å². The van der Waals surface area contributed by atoms with Crippen LogP contribution in [0.1, 0.15) is 45.0 Å². The van der Waals surface area contributed by atoms with Crippen LogP contribution < -0.4 is 10.2 Å². The molecule has 5 rings (SSSR count). The monoisotopic (exact) mass is 529 g/mol. The van der Waals surface area contributed by atoms with Gasteiger partial charge in [0.2, 0.25) is 5.43 Å². The molecule has 0 spiro atoms. The number of benzene rings is 1. The van der Waals surface area contributed by atoms with Gasteiger partial charge in [-0.05, 0) is 39.3 Å². The molecule has 0 radical (unpaired) electrons. The number of nitrogens with zero attached hydrogens (tertiary/aromatic N) is 7. The quantitative estimate of drug-likeness (QED) is 0.356. The number of hydrogen-bond donors (Lipinski definition) is 0. The number of rotatable bonds is 7. The Balaban J connectivity index is 1.27. The van der Waals surface area contributed by atoms with Crippen LogP contribution in [0, 0.1) is 0 Å². The van der Waals surface area contributed by atoms with Crippen LogP contribution in [0.3, 0.4) is 0 Å². The summed E-state index contributed by atoms with van der Waals surface area (Å²) in [5.41, 5.74) is 2.22. The smallest absolute Gasteiger partial charge is 0.410 e. The first-order valence-electron chi connectivity index (χ1n) is 12.8. The molecule has 202 valence electrons. The van der Waals surface area contributed by atoms with Crippen LogP contribution in [0.5, 0.6) is 5.75 Å². The van der Waals surface area contributed by atoms with E-state index in [9.17, 15) is 9.59 Å². The van der Waals surface area contributed by atoms with Crippen molar-refractivity contribution in [2.45, 2.75) is 45.8 Å². The number of hydrogen-bond acceptors (Lipinski definition) is 8. The van der Waals surface area contributed by atoms with Gasteiger partial charge in [-0.2, -0.15) is 10.2 Å². The van der Waals surface area contributed by atoms with E-state index < -0.39 is 5.60 Å². The summed E-state index contributed by atoms with van der Waals surface area (Å²) in [5.74, 6) is 1.19. The van der Waals surface area contributed by atoms with Crippen LogP contribution in [0.25, 0.3) is 17.1 Å². The van der Waals surface area contributed by atoms with Crippen LogP contribution >= 0.6 is 0 Å². The van der Waals surface area contributed by atoms with Crippen LogP contribution in [-0.2, 0) is 11.2 Å². The van der Waals surface area contributed by atoms with Gasteiger partial charge in [0.25, 0.3) is 0 Å². The molecule has 3 aromatic heterocycles. The second-order valence-electron chi connectivity index (χ2n) is 10.3. The zero-order valence-corrected chi connectivity index (χ0v) is 22.4. The van der Waals surface area contributed by atoms with Crippen LogP contribution in [0.2, 0.25) is 0 Å². The predicted octanol–water partition coefficient (Wildman–Crippen LogP) is 3.67. The molecule has 11 heteroatoms. The summed E-state index contributed by atoms with van der Waals surface area (Å²) in [6.45, 7) is 9.04. The van der Waals surface area contributed by atoms with Gasteiger partial charge in [-0.15, -0.1) is 0 Å². The van der Waals surface area contributed by atoms with E-state index in [1.54, 1.807) is 34.4 Å². The van der Waals surface area contributed by atoms with Crippen molar-refractivity contribution in [1.29, 1.82) is 0 Å². The van der Waals surface area contributed by atoms with Gasteiger partial charge in [0.05, 0.1) is 37.4 Å². The van der Waals surface area contributed by atoms with Crippen molar-refractivity contribution in [2.75, 3.05) is 19.7 Å². The number of amides is 1. The van der Waals surface area contributed by atoms with Crippen LogP contribution in [0.4, 0.5) is 4.79 Å². The van der Waals surface area contributed by atoms with Crippen molar-refractivity contribution in [2.24, 2.45) is 0 Å². The third-order valence-electron chi connectivity index (χ3n) is 6.12. The molecule has 4 heterocycles. The van der Waals surface area contributed by atoms with Crippen molar-refractivity contribution < 1.29 is 14.3 Å². The fourth-order valence-electron chi connectivity index (χ4n) is 4.18. The minimum Gasteiger partial charge on any atom is -0.491 e. The molecule has 1 aliphatic heterocycles. The first-order chi connectivity index (χ1) is 18.7. The highest BCUT2D eigenvalue weighted by atomic mass is 16.6. The standard InChI is InChI=1S/C28H31N7O4/c1-5-38-23-14-29-26(30-15-23)20-8-6-7-19(11-20)12-24-25(36)9-10-34(32-24)21-13-31-35(18-21)22-16-33(17-22)27(37)39-28(2,3)4/h6-11,13-15,18,22H,5,12,16-17H2,1-4H3. The zero-order valence-electron chi connectivity index (χ0n) is 22.4. The molecule has 0 unspecified atom stereocenters. The summed E-state index contributed by atoms with van der Waals surface area (Å²) in [4.78, 5) is 35.3. The highest BCUT2D eigenvalue weighted by Gasteiger charge is 2.35. The summed E-state index contributed by atoms with van der Waals surface area (Å²) in [6, 6.07) is 9.30. The zero-order chi connectivity index (χ0) is 27.6. The molecule has 0 aliphatic carbocycles. The lowest BCUT2D eigenvalue weighted by molar-refractivity contribution is -0.000390. The van der Waals surface area contributed by atoms with Crippen molar-refractivity contribution in [3.05, 3.63) is 82.8 Å². The number of carbonyl (C=O) groups excluding carboxylic acids is 1. The molecule has 0 atom stereocenters. The maximum atomic E-state index is 12.6. The van der Waals surface area contributed by atoms with Gasteiger partial charge in [-0.3, -0.25) is 9.48 Å². The fourth-order valence-corrected chi connectivity index (χ4v) is 4.18. The third kappa shape index (κ3) is 6.14. The first kappa shape index (κ1) is 26.1. The molecule has 11 nitrogen and oxygen atoms in total. The largest absolute Gasteiger partial charge is 0.491 e. The Bertz CT molecular complexity index is 1520. The van der Waals surface area contributed by atoms with Gasteiger partial charge in [-0.1, -0.05) is 18.2 Å². The summed E-state index contributed by atoms with van der Waals surface area (Å²) in [7, 11) is 0. The fraction of sp³-hybridized carbons (Fsp3) is 0.357. The van der Waals surface area contributed by atoms with E-state index in [0.29, 0.717) is 43.4 Å². The molecule has 0 saturated carbocycles. The van der Waals surface area contributed by atoms with Gasteiger partial charge < -0.3 is 14.4 Å². The number of likely N-dealkylation sites (tertiary alicyclic amines) is 1. The molecular weight excluding hydrogens is 498 g/mol. The highest BCUT2D eigenvalue weighted by Crippen LogP contribution is 2.24. The Hall–Kier alpha value is -4.54. The van der Waals surface area contributed by atoms with Gasteiger partial charge in [0.15, 0.2) is 11.6 Å². The Morgan fingerprint density at radius 3 is 2.59 bits per heavy atom. The molecule has 1 aromatic carbocycles. The summed E-state index contributed by atoms with van der Waals surface area (Å²) in [6.07, 6.45) is 8.51. The van der Waals surface area contributed by atoms with Crippen molar-refractivity contribution in [3.63, 3.8) is 0 Å². The maximum absolute atomic E-state index is 12.6. The maximum Gasteiger partial charge on any atom is 0.410 e. The topological polar surface area (TPSA) is 117 Å². The number of carbonyl (C=O) groups is 1. The SMILES string of the molecule is CCOc1cnc(-c2cccc(Cc3nn(-c4cnn(C5CN(C(=O)OC(C)(C)C)C5)c4)ccc3=O)c2)nc1. The van der Waals surface area contributed by atoms with Gasteiger partial charge in [0, 0.05) is 37.3 Å². The van der Waals surface area contributed by atoms with E-state index in [1.807, 2.05) is 62.8 Å². The Kier molecular flexibility index (Phi) is 7.14. The summed E-state index contributed by atoms with van der Waals surface area (Å²) in [5, 5.41) is 9.05. The van der Waals surface area contributed by atoms with Crippen molar-refractivity contribution in [1.82, 2.24) is 34.4 Å². The van der Waals surface area contributed by atoms with E-state index >= 15 is 0 Å². The van der Waals surface area contributed by atoms with E-state index in [-0.39, 0.29) is 17.6 Å². The number of aromatic nitrogens is 6. The molecule has 1 amide bonds. The third-order valence-corrected chi connectivity index (χ3v) is 6.12. The Morgan fingerprint density at radius 2 is 1.87 bits per heavy atom. The molecule has 4 aromatic rings. The number of ether oxygens (including phenoxy) is 2. The molecule has 1 saturated heterocycles. The minimum atomic E-state index is -0.529. The van der Waals surface area contributed by atoms with E-state index in [0.717, 1.165) is 16.8 Å². The van der Waals surface area contributed by atoms with Crippen molar-refractivity contribution in [3.8, 4) is 22.8 Å². The molecule has 0 N–H and O–H groups in total. The summed E-state index contributed by atoms with van der Waals surface area (Å²) >= 11 is 0. The van der Waals surface area contributed by atoms with Gasteiger partial charge in [-0.25, -0.2) is 19.4 Å². The molecule has 1 fully saturated rings. The highest BCUT2D eigenvalue weighted by molar-refractivity contribution is 5.69. The Labute approximate surface area is 226 Å². The van der Waals surface area contributed by atoms with E-state index in [4.69, 9.17) is 9.47 Å². The lowest BCUT2D eigenvalue weighted by atomic mass is 10.1. The van der Waals surface area contributed by atoms with Crippen LogP contribution in [0.15, 0.2) is 66.1 Å². The lowest BCUT2D eigenvalue weighted by Crippen LogP contribution is -2.52. The molecular formula is C28H31N7O4. The molecule has 39 heavy (non-hydrogen) atoms. The minimum absolute atomic E-state index is 0.0534.